The van der Waals surface area contributed by atoms with E-state index in [4.69, 9.17) is 0 Å². The second-order valence-corrected chi connectivity index (χ2v) is 4.94. The van der Waals surface area contributed by atoms with E-state index in [2.05, 4.69) is 6.92 Å². The molecule has 1 rings (SSSR count). The topological polar surface area (TPSA) is 20.2 Å². The van der Waals surface area contributed by atoms with Crippen molar-refractivity contribution in [2.75, 3.05) is 0 Å². The summed E-state index contributed by atoms with van der Waals surface area (Å²) >= 11 is 0. The molecule has 0 aliphatic carbocycles. The SMILES string of the molecule is CC[SiH2]Cc1ccccc1O. The lowest BCUT2D eigenvalue weighted by Crippen LogP contribution is -1.93. The molecule has 1 aromatic carbocycles. The van der Waals surface area contributed by atoms with Crippen molar-refractivity contribution in [3.63, 3.8) is 0 Å². The van der Waals surface area contributed by atoms with Crippen molar-refractivity contribution in [1.82, 2.24) is 0 Å². The van der Waals surface area contributed by atoms with Crippen LogP contribution in [-0.4, -0.2) is 14.6 Å². The zero-order valence-corrected chi connectivity index (χ0v) is 8.29. The van der Waals surface area contributed by atoms with Gasteiger partial charge in [0.05, 0.1) is 0 Å². The molecule has 1 N–H and O–H groups in total. The Balaban J connectivity index is 2.62. The van der Waals surface area contributed by atoms with Crippen molar-refractivity contribution in [2.45, 2.75) is 19.0 Å². The summed E-state index contributed by atoms with van der Waals surface area (Å²) in [5, 5.41) is 9.36. The van der Waals surface area contributed by atoms with Crippen LogP contribution in [0.15, 0.2) is 24.3 Å². The molecule has 0 bridgehead atoms. The van der Waals surface area contributed by atoms with Crippen LogP contribution in [-0.2, 0) is 6.04 Å². The van der Waals surface area contributed by atoms with Crippen molar-refractivity contribution in [3.05, 3.63) is 29.8 Å². The summed E-state index contributed by atoms with van der Waals surface area (Å²) < 4.78 is 0. The van der Waals surface area contributed by atoms with Gasteiger partial charge in [-0.2, -0.15) is 0 Å². The van der Waals surface area contributed by atoms with Gasteiger partial charge in [-0.05, 0) is 17.7 Å². The zero-order valence-electron chi connectivity index (χ0n) is 6.88. The van der Waals surface area contributed by atoms with E-state index in [0.717, 1.165) is 11.6 Å². The molecular formula is C9H14OSi. The van der Waals surface area contributed by atoms with Crippen LogP contribution in [0.4, 0.5) is 0 Å². The van der Waals surface area contributed by atoms with Crippen LogP contribution in [0.1, 0.15) is 12.5 Å². The molecule has 1 aromatic rings. The highest BCUT2D eigenvalue weighted by Gasteiger charge is 1.97. The number of para-hydroxylation sites is 1. The molecule has 0 aliphatic heterocycles. The van der Waals surface area contributed by atoms with Gasteiger partial charge in [0, 0.05) is 9.52 Å². The monoisotopic (exact) mass is 166 g/mol. The summed E-state index contributed by atoms with van der Waals surface area (Å²) in [5.74, 6) is 0.466. The van der Waals surface area contributed by atoms with Gasteiger partial charge in [0.15, 0.2) is 0 Å². The molecule has 0 saturated carbocycles. The standard InChI is InChI=1S/C9H14OSi/c1-2-11-7-8-5-3-4-6-9(8)10/h3-6,10H,2,7,11H2,1H3. The zero-order chi connectivity index (χ0) is 8.10. The molecule has 0 spiro atoms. The van der Waals surface area contributed by atoms with E-state index >= 15 is 0 Å². The minimum atomic E-state index is 0.0420. The van der Waals surface area contributed by atoms with Gasteiger partial charge in [-0.15, -0.1) is 0 Å². The van der Waals surface area contributed by atoms with Gasteiger partial charge in [0.25, 0.3) is 0 Å². The number of hydrogen-bond acceptors (Lipinski definition) is 1. The van der Waals surface area contributed by atoms with E-state index in [1.54, 1.807) is 6.07 Å². The number of hydrogen-bond donors (Lipinski definition) is 1. The molecule has 0 heterocycles. The predicted octanol–water partition coefficient (Wildman–Crippen LogP) is 1.50. The Bertz CT molecular complexity index is 223. The first-order valence-electron chi connectivity index (χ1n) is 4.11. The molecule has 0 radical (unpaired) electrons. The molecular weight excluding hydrogens is 152 g/mol. The summed E-state index contributed by atoms with van der Waals surface area (Å²) in [5.41, 5.74) is 1.13. The Morgan fingerprint density at radius 1 is 1.36 bits per heavy atom. The molecule has 0 amide bonds. The molecule has 0 atom stereocenters. The summed E-state index contributed by atoms with van der Waals surface area (Å²) in [6.45, 7) is 2.21. The number of phenolic OH excluding ortho intramolecular Hbond substituents is 1. The molecule has 0 aromatic heterocycles. The quantitative estimate of drug-likeness (QED) is 0.675. The van der Waals surface area contributed by atoms with Gasteiger partial charge in [0.1, 0.15) is 5.75 Å². The first kappa shape index (κ1) is 8.33. The van der Waals surface area contributed by atoms with Crippen LogP contribution in [0.25, 0.3) is 0 Å². The molecule has 0 unspecified atom stereocenters. The summed E-state index contributed by atoms with van der Waals surface area (Å²) in [6.07, 6.45) is 0. The maximum Gasteiger partial charge on any atom is 0.118 e. The van der Waals surface area contributed by atoms with Crippen molar-refractivity contribution in [2.24, 2.45) is 0 Å². The van der Waals surface area contributed by atoms with Gasteiger partial charge < -0.3 is 5.11 Å². The molecule has 1 nitrogen and oxygen atoms in total. The van der Waals surface area contributed by atoms with Gasteiger partial charge in [-0.25, -0.2) is 0 Å². The van der Waals surface area contributed by atoms with Gasteiger partial charge in [-0.3, -0.25) is 0 Å². The third-order valence-corrected chi connectivity index (χ3v) is 3.39. The molecule has 11 heavy (non-hydrogen) atoms. The van der Waals surface area contributed by atoms with Gasteiger partial charge >= 0.3 is 0 Å². The van der Waals surface area contributed by atoms with Crippen LogP contribution in [0.2, 0.25) is 6.04 Å². The Hall–Kier alpha value is -0.763. The highest BCUT2D eigenvalue weighted by atomic mass is 28.2. The second-order valence-electron chi connectivity index (χ2n) is 2.73. The lowest BCUT2D eigenvalue weighted by molar-refractivity contribution is 0.470. The third kappa shape index (κ3) is 2.39. The third-order valence-electron chi connectivity index (χ3n) is 1.79. The average Bonchev–Trinajstić information content (AvgIpc) is 2.03. The fourth-order valence-electron chi connectivity index (χ4n) is 1.09. The molecule has 0 saturated heterocycles. The fourth-order valence-corrected chi connectivity index (χ4v) is 2.25. The van der Waals surface area contributed by atoms with E-state index in [-0.39, 0.29) is 9.52 Å². The summed E-state index contributed by atoms with van der Waals surface area (Å²) in [6, 6.07) is 10.1. The molecule has 2 heteroatoms. The number of phenols is 1. The van der Waals surface area contributed by atoms with Crippen molar-refractivity contribution < 1.29 is 5.11 Å². The molecule has 0 fully saturated rings. The van der Waals surface area contributed by atoms with Gasteiger partial charge in [0.2, 0.25) is 0 Å². The number of benzene rings is 1. The Kier molecular flexibility index (Phi) is 3.17. The largest absolute Gasteiger partial charge is 0.508 e. The minimum Gasteiger partial charge on any atom is -0.508 e. The van der Waals surface area contributed by atoms with E-state index in [1.807, 2.05) is 18.2 Å². The van der Waals surface area contributed by atoms with Crippen LogP contribution < -0.4 is 0 Å². The second kappa shape index (κ2) is 4.19. The lowest BCUT2D eigenvalue weighted by Gasteiger charge is -2.00. The number of rotatable bonds is 3. The Labute approximate surface area is 69.9 Å². The molecule has 60 valence electrons. The van der Waals surface area contributed by atoms with E-state index in [1.165, 1.54) is 6.04 Å². The number of aromatic hydroxyl groups is 1. The minimum absolute atomic E-state index is 0.0420. The van der Waals surface area contributed by atoms with E-state index in [9.17, 15) is 5.11 Å². The van der Waals surface area contributed by atoms with Crippen LogP contribution >= 0.6 is 0 Å². The van der Waals surface area contributed by atoms with E-state index in [0.29, 0.717) is 5.75 Å². The smallest absolute Gasteiger partial charge is 0.118 e. The highest BCUT2D eigenvalue weighted by Crippen LogP contribution is 2.15. The van der Waals surface area contributed by atoms with Crippen molar-refractivity contribution in [3.8, 4) is 5.75 Å². The lowest BCUT2D eigenvalue weighted by atomic mass is 10.2. The Morgan fingerprint density at radius 3 is 2.73 bits per heavy atom. The summed E-state index contributed by atoms with van der Waals surface area (Å²) in [4.78, 5) is 0. The summed E-state index contributed by atoms with van der Waals surface area (Å²) in [7, 11) is 0.0420. The normalized spacial score (nSPS) is 11.0. The Morgan fingerprint density at radius 2 is 2.09 bits per heavy atom. The predicted molar refractivity (Wildman–Crippen MR) is 50.8 cm³/mol. The van der Waals surface area contributed by atoms with Crippen LogP contribution in [0, 0.1) is 0 Å². The molecule has 0 aliphatic rings. The average molecular weight is 166 g/mol. The maximum absolute atomic E-state index is 9.36. The van der Waals surface area contributed by atoms with Crippen LogP contribution in [0.3, 0.4) is 0 Å². The van der Waals surface area contributed by atoms with Gasteiger partial charge in [-0.1, -0.05) is 31.2 Å². The first-order valence-corrected chi connectivity index (χ1v) is 6.11. The highest BCUT2D eigenvalue weighted by molar-refractivity contribution is 6.34. The van der Waals surface area contributed by atoms with E-state index < -0.39 is 0 Å². The van der Waals surface area contributed by atoms with Crippen LogP contribution in [0.5, 0.6) is 5.75 Å². The maximum atomic E-state index is 9.36. The first-order chi connectivity index (χ1) is 5.34. The van der Waals surface area contributed by atoms with Crippen molar-refractivity contribution in [1.29, 1.82) is 0 Å². The fraction of sp³-hybridized carbons (Fsp3) is 0.333. The van der Waals surface area contributed by atoms with Crippen molar-refractivity contribution >= 4 is 9.52 Å².